The van der Waals surface area contributed by atoms with E-state index in [1.807, 2.05) is 0 Å². The van der Waals surface area contributed by atoms with Crippen LogP contribution in [0.4, 0.5) is 0 Å². The first-order valence-electron chi connectivity index (χ1n) is 5.61. The van der Waals surface area contributed by atoms with Crippen molar-refractivity contribution in [2.24, 2.45) is 11.7 Å². The number of carboxylic acid groups (broad SMARTS) is 1. The summed E-state index contributed by atoms with van der Waals surface area (Å²) in [5.74, 6) is -1.07. The Morgan fingerprint density at radius 1 is 1.44 bits per heavy atom. The van der Waals surface area contributed by atoms with E-state index in [1.54, 1.807) is 24.3 Å². The lowest BCUT2D eigenvalue weighted by Gasteiger charge is -2.10. The average molecular weight is 250 g/mol. The number of furan rings is 1. The van der Waals surface area contributed by atoms with Gasteiger partial charge in [-0.1, -0.05) is 12.2 Å². The van der Waals surface area contributed by atoms with Crippen LogP contribution in [0, 0.1) is 5.92 Å². The van der Waals surface area contributed by atoms with Gasteiger partial charge in [0.15, 0.2) is 5.76 Å². The Morgan fingerprint density at radius 3 is 2.78 bits per heavy atom. The van der Waals surface area contributed by atoms with Gasteiger partial charge >= 0.3 is 5.97 Å². The molecule has 96 valence electrons. The highest BCUT2D eigenvalue weighted by atomic mass is 16.4. The molecule has 2 unspecified atom stereocenters. The van der Waals surface area contributed by atoms with Crippen molar-refractivity contribution in [2.75, 3.05) is 0 Å². The maximum atomic E-state index is 11.8. The molecule has 0 saturated heterocycles. The Balaban J connectivity index is 1.93. The van der Waals surface area contributed by atoms with Crippen LogP contribution >= 0.6 is 0 Å². The number of nitrogens with one attached hydrogen (secondary N) is 1. The van der Waals surface area contributed by atoms with Gasteiger partial charge in [-0.2, -0.15) is 0 Å². The first-order chi connectivity index (χ1) is 8.60. The maximum absolute atomic E-state index is 11.8. The number of carbonyl (C=O) groups excluding carboxylic acids is 1. The zero-order valence-electron chi connectivity index (χ0n) is 9.63. The molecule has 4 N–H and O–H groups in total. The molecule has 0 aromatic carbocycles. The largest absolute Gasteiger partial charge is 0.481 e. The van der Waals surface area contributed by atoms with Crippen LogP contribution in [0.25, 0.3) is 0 Å². The van der Waals surface area contributed by atoms with Gasteiger partial charge in [-0.15, -0.1) is 0 Å². The number of hydrogen-bond donors (Lipinski definition) is 3. The molecule has 18 heavy (non-hydrogen) atoms. The monoisotopic (exact) mass is 250 g/mol. The quantitative estimate of drug-likeness (QED) is 0.675. The van der Waals surface area contributed by atoms with Crippen molar-refractivity contribution >= 4 is 11.9 Å². The summed E-state index contributed by atoms with van der Waals surface area (Å²) < 4.78 is 5.20. The Hall–Kier alpha value is -2.08. The molecule has 0 bridgehead atoms. The lowest BCUT2D eigenvalue weighted by molar-refractivity contribution is -0.140. The molecule has 1 heterocycles. The highest BCUT2D eigenvalue weighted by Gasteiger charge is 2.26. The Labute approximate surface area is 103 Å². The van der Waals surface area contributed by atoms with E-state index in [0.29, 0.717) is 12.2 Å². The van der Waals surface area contributed by atoms with Crippen LogP contribution < -0.4 is 11.1 Å². The predicted octanol–water partition coefficient (Wildman–Crippen LogP) is 0.497. The van der Waals surface area contributed by atoms with Crippen molar-refractivity contribution in [1.82, 2.24) is 5.32 Å². The van der Waals surface area contributed by atoms with E-state index >= 15 is 0 Å². The van der Waals surface area contributed by atoms with E-state index in [0.717, 1.165) is 0 Å². The normalized spacial score (nSPS) is 22.1. The molecule has 0 spiro atoms. The van der Waals surface area contributed by atoms with Crippen molar-refractivity contribution in [1.29, 1.82) is 0 Å². The van der Waals surface area contributed by atoms with E-state index in [9.17, 15) is 9.59 Å². The van der Waals surface area contributed by atoms with Crippen LogP contribution in [0.1, 0.15) is 22.7 Å². The van der Waals surface area contributed by atoms with Crippen LogP contribution in [0.2, 0.25) is 0 Å². The SMILES string of the molecule is NCc1ccc(C(=O)NC2C=CC(C(=O)O)C2)o1. The fraction of sp³-hybridized carbons (Fsp3) is 0.333. The van der Waals surface area contributed by atoms with Gasteiger partial charge in [-0.3, -0.25) is 9.59 Å². The molecule has 2 rings (SSSR count). The van der Waals surface area contributed by atoms with E-state index in [-0.39, 0.29) is 24.3 Å². The molecule has 0 fully saturated rings. The molecule has 1 aromatic heterocycles. The number of hydrogen-bond acceptors (Lipinski definition) is 4. The van der Waals surface area contributed by atoms with Crippen LogP contribution in [-0.4, -0.2) is 23.0 Å². The van der Waals surface area contributed by atoms with E-state index in [2.05, 4.69) is 5.32 Å². The lowest BCUT2D eigenvalue weighted by atomic mass is 10.1. The summed E-state index contributed by atoms with van der Waals surface area (Å²) in [6, 6.07) is 2.91. The standard InChI is InChI=1S/C12H14N2O4/c13-6-9-3-4-10(18-9)11(15)14-8-2-1-7(5-8)12(16)17/h1-4,7-8H,5-6,13H2,(H,14,15)(H,16,17). The van der Waals surface area contributed by atoms with Crippen molar-refractivity contribution < 1.29 is 19.1 Å². The summed E-state index contributed by atoms with van der Waals surface area (Å²) in [6.45, 7) is 0.234. The van der Waals surface area contributed by atoms with Crippen molar-refractivity contribution in [3.63, 3.8) is 0 Å². The number of aliphatic carboxylic acids is 1. The molecule has 1 amide bonds. The maximum Gasteiger partial charge on any atom is 0.310 e. The molecule has 0 saturated carbocycles. The van der Waals surface area contributed by atoms with Crippen LogP contribution in [0.3, 0.4) is 0 Å². The molecule has 2 atom stereocenters. The summed E-state index contributed by atoms with van der Waals surface area (Å²) in [5.41, 5.74) is 5.38. The van der Waals surface area contributed by atoms with E-state index in [1.165, 1.54) is 0 Å². The Bertz CT molecular complexity index is 492. The van der Waals surface area contributed by atoms with Gasteiger partial charge in [0.05, 0.1) is 12.5 Å². The Morgan fingerprint density at radius 2 is 2.22 bits per heavy atom. The number of carboxylic acids is 1. The number of carbonyl (C=O) groups is 2. The topological polar surface area (TPSA) is 106 Å². The predicted molar refractivity (Wildman–Crippen MR) is 62.7 cm³/mol. The lowest BCUT2D eigenvalue weighted by Crippen LogP contribution is -2.33. The minimum atomic E-state index is -0.883. The average Bonchev–Trinajstić information content (AvgIpc) is 2.96. The fourth-order valence-corrected chi connectivity index (χ4v) is 1.84. The molecule has 6 heteroatoms. The third kappa shape index (κ3) is 2.60. The van der Waals surface area contributed by atoms with Gasteiger partial charge < -0.3 is 20.6 Å². The zero-order chi connectivity index (χ0) is 13.1. The van der Waals surface area contributed by atoms with Crippen LogP contribution in [0.5, 0.6) is 0 Å². The second-order valence-electron chi connectivity index (χ2n) is 4.12. The minimum Gasteiger partial charge on any atom is -0.481 e. The third-order valence-corrected chi connectivity index (χ3v) is 2.80. The minimum absolute atomic E-state index is 0.183. The second kappa shape index (κ2) is 5.05. The van der Waals surface area contributed by atoms with Gasteiger partial charge in [0, 0.05) is 6.04 Å². The zero-order valence-corrected chi connectivity index (χ0v) is 9.63. The number of amides is 1. The van der Waals surface area contributed by atoms with E-state index in [4.69, 9.17) is 15.3 Å². The number of nitrogens with two attached hydrogens (primary N) is 1. The van der Waals surface area contributed by atoms with Gasteiger partial charge in [-0.05, 0) is 18.6 Å². The van der Waals surface area contributed by atoms with E-state index < -0.39 is 11.9 Å². The summed E-state index contributed by atoms with van der Waals surface area (Å²) in [7, 11) is 0. The van der Waals surface area contributed by atoms with Gasteiger partial charge in [-0.25, -0.2) is 0 Å². The summed E-state index contributed by atoms with van der Waals surface area (Å²) in [6.07, 6.45) is 3.63. The molecule has 1 aromatic rings. The summed E-state index contributed by atoms with van der Waals surface area (Å²) in [5, 5.41) is 11.5. The first-order valence-corrected chi connectivity index (χ1v) is 5.61. The van der Waals surface area contributed by atoms with Crippen molar-refractivity contribution in [3.05, 3.63) is 35.8 Å². The molecule has 6 nitrogen and oxygen atoms in total. The van der Waals surface area contributed by atoms with Crippen LogP contribution in [-0.2, 0) is 11.3 Å². The fourth-order valence-electron chi connectivity index (χ4n) is 1.84. The number of rotatable bonds is 4. The molecular weight excluding hydrogens is 236 g/mol. The van der Waals surface area contributed by atoms with Gasteiger partial charge in [0.2, 0.25) is 0 Å². The smallest absolute Gasteiger partial charge is 0.310 e. The third-order valence-electron chi connectivity index (χ3n) is 2.80. The highest BCUT2D eigenvalue weighted by molar-refractivity contribution is 5.92. The van der Waals surface area contributed by atoms with Crippen molar-refractivity contribution in [2.45, 2.75) is 19.0 Å². The molecule has 1 aliphatic rings. The Kier molecular flexibility index (Phi) is 3.47. The first kappa shape index (κ1) is 12.4. The van der Waals surface area contributed by atoms with Gasteiger partial charge in [0.1, 0.15) is 5.76 Å². The second-order valence-corrected chi connectivity index (χ2v) is 4.12. The molecular formula is C12H14N2O4. The summed E-state index contributed by atoms with van der Waals surface area (Å²) in [4.78, 5) is 22.5. The molecule has 0 radical (unpaired) electrons. The van der Waals surface area contributed by atoms with Gasteiger partial charge in [0.25, 0.3) is 5.91 Å². The molecule has 0 aliphatic heterocycles. The summed E-state index contributed by atoms with van der Waals surface area (Å²) >= 11 is 0. The van der Waals surface area contributed by atoms with Crippen molar-refractivity contribution in [3.8, 4) is 0 Å². The highest BCUT2D eigenvalue weighted by Crippen LogP contribution is 2.18. The molecule has 1 aliphatic carbocycles. The van der Waals surface area contributed by atoms with Crippen LogP contribution in [0.15, 0.2) is 28.7 Å².